The molecule has 9 heteroatoms. The van der Waals surface area contributed by atoms with Crippen LogP contribution in [0.1, 0.15) is 10.4 Å². The molecule has 1 aromatic carbocycles. The lowest BCUT2D eigenvalue weighted by molar-refractivity contribution is -0.143. The van der Waals surface area contributed by atoms with E-state index >= 15 is 0 Å². The zero-order valence-electron chi connectivity index (χ0n) is 14.3. The van der Waals surface area contributed by atoms with Crippen molar-refractivity contribution in [3.8, 4) is 0 Å². The van der Waals surface area contributed by atoms with Crippen LogP contribution in [0.5, 0.6) is 0 Å². The van der Waals surface area contributed by atoms with Gasteiger partial charge in [-0.2, -0.15) is 0 Å². The fourth-order valence-electron chi connectivity index (χ4n) is 2.05. The molecule has 0 aliphatic carbocycles. The second kappa shape index (κ2) is 7.96. The molecule has 26 heavy (non-hydrogen) atoms. The van der Waals surface area contributed by atoms with Crippen LogP contribution in [-0.4, -0.2) is 44.6 Å². The Bertz CT molecular complexity index is 963. The van der Waals surface area contributed by atoms with E-state index in [9.17, 15) is 22.8 Å². The smallest absolute Gasteiger partial charge is 0.326 e. The summed E-state index contributed by atoms with van der Waals surface area (Å²) in [6, 6.07) is 10.4. The number of hydrogen-bond acceptors (Lipinski definition) is 6. The summed E-state index contributed by atoms with van der Waals surface area (Å²) >= 11 is 0. The quantitative estimate of drug-likeness (QED) is 0.518. The summed E-state index contributed by atoms with van der Waals surface area (Å²) < 4.78 is 30.1. The van der Waals surface area contributed by atoms with Gasteiger partial charge in [-0.15, -0.1) is 0 Å². The van der Waals surface area contributed by atoms with E-state index in [1.165, 1.54) is 48.1 Å². The summed E-state index contributed by atoms with van der Waals surface area (Å²) in [5, 5.41) is 0. The molecule has 1 heterocycles. The second-order valence-electron chi connectivity index (χ2n) is 5.53. The first-order valence-corrected chi connectivity index (χ1v) is 9.41. The molecule has 138 valence electrons. The van der Waals surface area contributed by atoms with E-state index in [4.69, 9.17) is 4.74 Å². The molecule has 0 unspecified atom stereocenters. The average Bonchev–Trinajstić information content (AvgIpc) is 2.60. The van der Waals surface area contributed by atoms with Crippen LogP contribution in [0.3, 0.4) is 0 Å². The zero-order valence-corrected chi connectivity index (χ0v) is 15.1. The van der Waals surface area contributed by atoms with Gasteiger partial charge >= 0.3 is 5.97 Å². The van der Waals surface area contributed by atoms with Gasteiger partial charge in [0.05, 0.1) is 11.9 Å². The highest BCUT2D eigenvalue weighted by Gasteiger charge is 2.14. The molecule has 0 aliphatic heterocycles. The molecule has 0 bridgehead atoms. The third-order valence-electron chi connectivity index (χ3n) is 3.61. The average molecular weight is 378 g/mol. The second-order valence-corrected chi connectivity index (χ2v) is 7.54. The summed E-state index contributed by atoms with van der Waals surface area (Å²) in [4.78, 5) is 35.3. The molecule has 0 aliphatic rings. The monoisotopic (exact) mass is 378 g/mol. The van der Waals surface area contributed by atoms with Crippen molar-refractivity contribution in [2.75, 3.05) is 24.2 Å². The number of ketones is 1. The number of pyridine rings is 1. The molecule has 8 nitrogen and oxygen atoms in total. The van der Waals surface area contributed by atoms with Gasteiger partial charge in [-0.25, -0.2) is 8.42 Å². The number of carbonyl (C=O) groups is 2. The lowest BCUT2D eigenvalue weighted by Crippen LogP contribution is -2.25. The van der Waals surface area contributed by atoms with E-state index in [1.54, 1.807) is 12.1 Å². The fourth-order valence-corrected chi connectivity index (χ4v) is 2.56. The first kappa shape index (κ1) is 19.4. The molecule has 0 N–H and O–H groups in total. The lowest BCUT2D eigenvalue weighted by Gasteiger charge is -2.16. The maximum atomic E-state index is 12.1. The predicted octanol–water partition coefficient (Wildman–Crippen LogP) is 0.670. The van der Waals surface area contributed by atoms with Crippen LogP contribution in [0.25, 0.3) is 0 Å². The highest BCUT2D eigenvalue weighted by molar-refractivity contribution is 7.92. The Morgan fingerprint density at radius 1 is 1.12 bits per heavy atom. The minimum atomic E-state index is -3.39. The minimum Gasteiger partial charge on any atom is -0.456 e. The molecular weight excluding hydrogens is 360 g/mol. The van der Waals surface area contributed by atoms with Crippen molar-refractivity contribution in [1.29, 1.82) is 0 Å². The Balaban J connectivity index is 1.94. The van der Waals surface area contributed by atoms with Crippen molar-refractivity contribution in [1.82, 2.24) is 4.57 Å². The number of anilines is 1. The molecule has 0 atom stereocenters. The van der Waals surface area contributed by atoms with Crippen LogP contribution in [0.4, 0.5) is 5.69 Å². The van der Waals surface area contributed by atoms with E-state index in [0.29, 0.717) is 5.69 Å². The van der Waals surface area contributed by atoms with E-state index in [0.717, 1.165) is 10.6 Å². The largest absolute Gasteiger partial charge is 0.456 e. The topological polar surface area (TPSA) is 103 Å². The Labute approximate surface area is 150 Å². The molecule has 0 fully saturated rings. The molecular formula is C17H18N2O6S. The Morgan fingerprint density at radius 2 is 1.77 bits per heavy atom. The predicted molar refractivity (Wildman–Crippen MR) is 95.7 cm³/mol. The van der Waals surface area contributed by atoms with Gasteiger partial charge in [-0.1, -0.05) is 6.07 Å². The summed E-state index contributed by atoms with van der Waals surface area (Å²) in [6.45, 7) is -0.757. The third kappa shape index (κ3) is 5.03. The van der Waals surface area contributed by atoms with Crippen LogP contribution in [-0.2, 0) is 26.1 Å². The highest BCUT2D eigenvalue weighted by Crippen LogP contribution is 2.16. The maximum Gasteiger partial charge on any atom is 0.326 e. The number of hydrogen-bond donors (Lipinski definition) is 0. The van der Waals surface area contributed by atoms with Crippen molar-refractivity contribution in [3.63, 3.8) is 0 Å². The van der Waals surface area contributed by atoms with Gasteiger partial charge < -0.3 is 9.30 Å². The fraction of sp³-hybridized carbons (Fsp3) is 0.235. The highest BCUT2D eigenvalue weighted by atomic mass is 32.2. The Hall–Kier alpha value is -2.94. The van der Waals surface area contributed by atoms with E-state index < -0.39 is 28.4 Å². The van der Waals surface area contributed by atoms with Gasteiger partial charge in [0.15, 0.2) is 12.4 Å². The van der Waals surface area contributed by atoms with Crippen molar-refractivity contribution in [2.45, 2.75) is 6.54 Å². The standard InChI is InChI=1S/C17H18N2O6S/c1-18(26(2,23)24)14-8-6-13(7-9-14)15(20)12-25-17(22)11-19-10-4-3-5-16(19)21/h3-10H,11-12H2,1-2H3. The number of benzene rings is 1. The summed E-state index contributed by atoms with van der Waals surface area (Å²) in [5.41, 5.74) is 0.339. The first-order chi connectivity index (χ1) is 12.2. The van der Waals surface area contributed by atoms with Crippen LogP contribution < -0.4 is 9.86 Å². The normalized spacial score (nSPS) is 11.0. The molecule has 0 saturated carbocycles. The Morgan fingerprint density at radius 3 is 2.35 bits per heavy atom. The van der Waals surface area contributed by atoms with Crippen LogP contribution in [0, 0.1) is 0 Å². The van der Waals surface area contributed by atoms with E-state index in [-0.39, 0.29) is 17.7 Å². The van der Waals surface area contributed by atoms with Crippen molar-refractivity contribution in [3.05, 3.63) is 64.6 Å². The van der Waals surface area contributed by atoms with Crippen LogP contribution in [0.15, 0.2) is 53.5 Å². The summed E-state index contributed by atoms with van der Waals surface area (Å²) in [7, 11) is -1.99. The SMILES string of the molecule is CN(c1ccc(C(=O)COC(=O)Cn2ccccc2=O)cc1)S(C)(=O)=O. The maximum absolute atomic E-state index is 12.1. The van der Waals surface area contributed by atoms with Gasteiger partial charge in [0.25, 0.3) is 5.56 Å². The van der Waals surface area contributed by atoms with Crippen molar-refractivity contribution < 1.29 is 22.7 Å². The minimum absolute atomic E-state index is 0.278. The van der Waals surface area contributed by atoms with Gasteiger partial charge in [-0.3, -0.25) is 18.7 Å². The number of ether oxygens (including phenoxy) is 1. The van der Waals surface area contributed by atoms with Crippen LogP contribution in [0.2, 0.25) is 0 Å². The number of nitrogens with zero attached hydrogens (tertiary/aromatic N) is 2. The van der Waals surface area contributed by atoms with E-state index in [1.807, 2.05) is 0 Å². The van der Waals surface area contributed by atoms with Crippen molar-refractivity contribution >= 4 is 27.5 Å². The number of rotatable bonds is 7. The summed E-state index contributed by atoms with van der Waals surface area (Å²) in [5.74, 6) is -1.15. The molecule has 2 aromatic rings. The van der Waals surface area contributed by atoms with E-state index in [2.05, 4.69) is 0 Å². The number of aromatic nitrogens is 1. The summed E-state index contributed by atoms with van der Waals surface area (Å²) in [6.07, 6.45) is 2.52. The molecule has 0 radical (unpaired) electrons. The molecule has 2 rings (SSSR count). The zero-order chi connectivity index (χ0) is 19.3. The van der Waals surface area contributed by atoms with Crippen molar-refractivity contribution in [2.24, 2.45) is 0 Å². The number of Topliss-reactive ketones (excluding diaryl/α,β-unsaturated/α-hetero) is 1. The van der Waals surface area contributed by atoms with Gasteiger partial charge in [0.1, 0.15) is 6.54 Å². The Kier molecular flexibility index (Phi) is 5.93. The molecule has 0 amide bonds. The number of sulfonamides is 1. The lowest BCUT2D eigenvalue weighted by atomic mass is 10.1. The molecule has 0 spiro atoms. The number of carbonyl (C=O) groups excluding carboxylic acids is 2. The van der Waals surface area contributed by atoms with Gasteiger partial charge in [-0.05, 0) is 30.3 Å². The van der Waals surface area contributed by atoms with Gasteiger partial charge in [0, 0.05) is 24.9 Å². The van der Waals surface area contributed by atoms with Gasteiger partial charge in [0.2, 0.25) is 10.0 Å². The first-order valence-electron chi connectivity index (χ1n) is 7.57. The third-order valence-corrected chi connectivity index (χ3v) is 4.82. The number of esters is 1. The molecule has 1 aromatic heterocycles. The van der Waals surface area contributed by atoms with Crippen LogP contribution >= 0.6 is 0 Å². The molecule has 0 saturated heterocycles.